The van der Waals surface area contributed by atoms with Crippen LogP contribution in [0.5, 0.6) is 5.88 Å². The number of anilines is 3. The van der Waals surface area contributed by atoms with Crippen molar-refractivity contribution >= 4 is 46.0 Å². The standard InChI is InChI=1S/C17H16N6O3.C4H8S/c1-8-10(6-21-16-14(8)19-2-3-26-16)12-4-9-5-13(23-17(24)25)20-7-11(9)15(18)22-12;1-2-4-5-3-1/h4-7,19H,2-3H2,1H3,(H2,18,22)(H,20,23)(H,24,25);1-4H2. The number of ether oxygens (including phenoxy) is 1. The fourth-order valence-corrected chi connectivity index (χ4v) is 4.50. The van der Waals surface area contributed by atoms with Gasteiger partial charge in [0.25, 0.3) is 0 Å². The Bertz CT molecular complexity index is 1110. The molecule has 0 saturated carbocycles. The maximum Gasteiger partial charge on any atom is 0.410 e. The Balaban J connectivity index is 0.000000407. The van der Waals surface area contributed by atoms with Crippen LogP contribution in [0.3, 0.4) is 0 Å². The molecule has 0 unspecified atom stereocenters. The third kappa shape index (κ3) is 4.74. The molecule has 10 heteroatoms. The lowest BCUT2D eigenvalue weighted by Gasteiger charge is -2.21. The maximum atomic E-state index is 10.8. The Labute approximate surface area is 183 Å². The van der Waals surface area contributed by atoms with Gasteiger partial charge in [-0.25, -0.2) is 19.7 Å². The zero-order valence-corrected chi connectivity index (χ0v) is 18.0. The van der Waals surface area contributed by atoms with E-state index in [1.807, 2.05) is 13.0 Å². The summed E-state index contributed by atoms with van der Waals surface area (Å²) in [5, 5.41) is 15.8. The lowest BCUT2D eigenvalue weighted by Crippen LogP contribution is -2.20. The van der Waals surface area contributed by atoms with Gasteiger partial charge in [-0.3, -0.25) is 5.32 Å². The van der Waals surface area contributed by atoms with Crippen LogP contribution < -0.4 is 21.1 Å². The van der Waals surface area contributed by atoms with Crippen molar-refractivity contribution in [3.8, 4) is 17.1 Å². The zero-order chi connectivity index (χ0) is 21.8. The summed E-state index contributed by atoms with van der Waals surface area (Å²) in [7, 11) is 0. The molecule has 0 spiro atoms. The quantitative estimate of drug-likeness (QED) is 0.466. The molecule has 0 aromatic carbocycles. The minimum absolute atomic E-state index is 0.219. The minimum atomic E-state index is -1.18. The van der Waals surface area contributed by atoms with E-state index in [9.17, 15) is 4.79 Å². The Hall–Kier alpha value is -3.27. The number of hydrogen-bond donors (Lipinski definition) is 4. The number of nitrogen functional groups attached to an aromatic ring is 1. The highest BCUT2D eigenvalue weighted by molar-refractivity contribution is 7.99. The molecule has 5 heterocycles. The van der Waals surface area contributed by atoms with Crippen molar-refractivity contribution < 1.29 is 14.6 Å². The van der Waals surface area contributed by atoms with Gasteiger partial charge in [-0.2, -0.15) is 11.8 Å². The summed E-state index contributed by atoms with van der Waals surface area (Å²) in [5.74, 6) is 3.94. The molecule has 3 aromatic rings. The highest BCUT2D eigenvalue weighted by atomic mass is 32.2. The van der Waals surface area contributed by atoms with Gasteiger partial charge in [0.05, 0.1) is 5.69 Å². The molecule has 2 aliphatic heterocycles. The molecule has 0 radical (unpaired) electrons. The van der Waals surface area contributed by atoms with Gasteiger partial charge in [-0.15, -0.1) is 0 Å². The Morgan fingerprint density at radius 1 is 1.26 bits per heavy atom. The number of aromatic nitrogens is 3. The lowest BCUT2D eigenvalue weighted by atomic mass is 10.0. The number of pyridine rings is 3. The first-order valence-electron chi connectivity index (χ1n) is 10.0. The molecular weight excluding hydrogens is 416 g/mol. The minimum Gasteiger partial charge on any atom is -0.474 e. The summed E-state index contributed by atoms with van der Waals surface area (Å²) in [6, 6.07) is 3.45. The van der Waals surface area contributed by atoms with Crippen molar-refractivity contribution in [1.29, 1.82) is 0 Å². The SMILES string of the molecule is C1CCSC1.Cc1c(-c2cc3cc(NC(=O)O)ncc3c(N)n2)cnc2c1NCCO2. The highest BCUT2D eigenvalue weighted by Crippen LogP contribution is 2.36. The van der Waals surface area contributed by atoms with Crippen LogP contribution in [0.15, 0.2) is 24.5 Å². The van der Waals surface area contributed by atoms with E-state index in [1.165, 1.54) is 30.5 Å². The van der Waals surface area contributed by atoms with Gasteiger partial charge < -0.3 is 20.9 Å². The number of carboxylic acid groups (broad SMARTS) is 1. The van der Waals surface area contributed by atoms with Crippen molar-refractivity contribution in [2.75, 3.05) is 41.0 Å². The van der Waals surface area contributed by atoms with E-state index in [0.29, 0.717) is 35.9 Å². The van der Waals surface area contributed by atoms with Crippen LogP contribution >= 0.6 is 11.8 Å². The van der Waals surface area contributed by atoms with Gasteiger partial charge in [0, 0.05) is 29.9 Å². The van der Waals surface area contributed by atoms with E-state index in [0.717, 1.165) is 22.2 Å². The van der Waals surface area contributed by atoms with Crippen LogP contribution in [0.2, 0.25) is 0 Å². The Kier molecular flexibility index (Phi) is 6.26. The lowest BCUT2D eigenvalue weighted by molar-refractivity contribution is 0.209. The summed E-state index contributed by atoms with van der Waals surface area (Å²) in [6.07, 6.45) is 4.95. The largest absolute Gasteiger partial charge is 0.474 e. The van der Waals surface area contributed by atoms with Crippen LogP contribution in [-0.4, -0.2) is 50.8 Å². The normalized spacial score (nSPS) is 14.6. The third-order valence-corrected chi connectivity index (χ3v) is 6.18. The molecule has 2 aliphatic rings. The van der Waals surface area contributed by atoms with Gasteiger partial charge in [0.2, 0.25) is 5.88 Å². The van der Waals surface area contributed by atoms with Crippen molar-refractivity contribution in [2.45, 2.75) is 19.8 Å². The molecule has 5 rings (SSSR count). The molecule has 1 saturated heterocycles. The second-order valence-electron chi connectivity index (χ2n) is 7.19. The molecule has 1 fully saturated rings. The van der Waals surface area contributed by atoms with Crippen LogP contribution in [-0.2, 0) is 0 Å². The average molecular weight is 441 g/mol. The van der Waals surface area contributed by atoms with Gasteiger partial charge in [0.1, 0.15) is 23.9 Å². The summed E-state index contributed by atoms with van der Waals surface area (Å²) >= 11 is 2.07. The second-order valence-corrected chi connectivity index (χ2v) is 8.41. The average Bonchev–Trinajstić information content (AvgIpc) is 3.34. The van der Waals surface area contributed by atoms with E-state index in [4.69, 9.17) is 15.6 Å². The molecule has 31 heavy (non-hydrogen) atoms. The molecule has 3 aromatic heterocycles. The number of nitrogens with zero attached hydrogens (tertiary/aromatic N) is 3. The van der Waals surface area contributed by atoms with Crippen molar-refractivity contribution in [1.82, 2.24) is 15.0 Å². The number of amides is 1. The van der Waals surface area contributed by atoms with Gasteiger partial charge in [0.15, 0.2) is 0 Å². The van der Waals surface area contributed by atoms with E-state index in [2.05, 4.69) is 37.3 Å². The van der Waals surface area contributed by atoms with Crippen LogP contribution in [0.25, 0.3) is 22.0 Å². The Morgan fingerprint density at radius 3 is 2.77 bits per heavy atom. The first-order valence-corrected chi connectivity index (χ1v) is 11.2. The third-order valence-electron chi connectivity index (χ3n) is 5.03. The van der Waals surface area contributed by atoms with E-state index >= 15 is 0 Å². The summed E-state index contributed by atoms with van der Waals surface area (Å²) in [6.45, 7) is 3.25. The van der Waals surface area contributed by atoms with Crippen LogP contribution in [0, 0.1) is 6.92 Å². The number of hydrogen-bond acceptors (Lipinski definition) is 8. The molecule has 0 bridgehead atoms. The summed E-state index contributed by atoms with van der Waals surface area (Å²) < 4.78 is 5.55. The van der Waals surface area contributed by atoms with E-state index < -0.39 is 6.09 Å². The molecule has 162 valence electrons. The number of fused-ring (bicyclic) bond motifs is 2. The number of thioether (sulfide) groups is 1. The summed E-state index contributed by atoms with van der Waals surface area (Å²) in [4.78, 5) is 23.7. The molecule has 5 N–H and O–H groups in total. The predicted octanol–water partition coefficient (Wildman–Crippen LogP) is 3.99. The number of nitrogens with one attached hydrogen (secondary N) is 2. The van der Waals surface area contributed by atoms with Crippen LogP contribution in [0.4, 0.5) is 22.1 Å². The predicted molar refractivity (Wildman–Crippen MR) is 124 cm³/mol. The highest BCUT2D eigenvalue weighted by Gasteiger charge is 2.18. The first kappa shape index (κ1) is 21.0. The van der Waals surface area contributed by atoms with Gasteiger partial charge in [-0.1, -0.05) is 0 Å². The van der Waals surface area contributed by atoms with Crippen molar-refractivity contribution in [3.63, 3.8) is 0 Å². The first-order chi connectivity index (χ1) is 15.0. The summed E-state index contributed by atoms with van der Waals surface area (Å²) in [5.41, 5.74) is 9.35. The van der Waals surface area contributed by atoms with Crippen LogP contribution in [0.1, 0.15) is 18.4 Å². The number of nitrogens with two attached hydrogens (primary N) is 1. The molecular formula is C21H24N6O3S. The zero-order valence-electron chi connectivity index (χ0n) is 17.1. The molecule has 0 atom stereocenters. The number of carbonyl (C=O) groups is 1. The second kappa shape index (κ2) is 9.25. The smallest absolute Gasteiger partial charge is 0.410 e. The maximum absolute atomic E-state index is 10.8. The van der Waals surface area contributed by atoms with Crippen molar-refractivity contribution in [3.05, 3.63) is 30.1 Å². The molecule has 0 aliphatic carbocycles. The van der Waals surface area contributed by atoms with Gasteiger partial charge in [-0.05, 0) is 54.4 Å². The van der Waals surface area contributed by atoms with E-state index in [1.54, 1.807) is 12.3 Å². The molecule has 9 nitrogen and oxygen atoms in total. The number of rotatable bonds is 2. The Morgan fingerprint density at radius 2 is 2.06 bits per heavy atom. The topological polar surface area (TPSA) is 135 Å². The fourth-order valence-electron chi connectivity index (χ4n) is 3.48. The monoisotopic (exact) mass is 440 g/mol. The fraction of sp³-hybridized carbons (Fsp3) is 0.333. The molecule has 1 amide bonds. The van der Waals surface area contributed by atoms with E-state index in [-0.39, 0.29) is 5.82 Å². The van der Waals surface area contributed by atoms with Crippen molar-refractivity contribution in [2.24, 2.45) is 0 Å². The van der Waals surface area contributed by atoms with Gasteiger partial charge >= 0.3 is 6.09 Å².